The topological polar surface area (TPSA) is 50.4 Å². The van der Waals surface area contributed by atoms with E-state index in [0.717, 1.165) is 19.4 Å². The van der Waals surface area contributed by atoms with Gasteiger partial charge in [-0.1, -0.05) is 0 Å². The van der Waals surface area contributed by atoms with Crippen LogP contribution >= 0.6 is 0 Å². The van der Waals surface area contributed by atoms with E-state index in [1.165, 1.54) is 0 Å². The summed E-state index contributed by atoms with van der Waals surface area (Å²) in [6, 6.07) is 0.250. The van der Waals surface area contributed by atoms with Crippen molar-refractivity contribution in [2.24, 2.45) is 5.92 Å². The fourth-order valence-electron chi connectivity index (χ4n) is 1.65. The van der Waals surface area contributed by atoms with Gasteiger partial charge in [-0.25, -0.2) is 5.48 Å². The summed E-state index contributed by atoms with van der Waals surface area (Å²) in [6.07, 6.45) is 2.04. The minimum absolute atomic E-state index is 0.00148. The van der Waals surface area contributed by atoms with Crippen molar-refractivity contribution in [1.29, 1.82) is 0 Å². The number of hydrogen-bond donors (Lipinski definition) is 2. The number of piperidine rings is 1. The second-order valence-electron chi connectivity index (χ2n) is 4.12. The van der Waals surface area contributed by atoms with Crippen LogP contribution in [-0.2, 0) is 9.63 Å². The second-order valence-corrected chi connectivity index (χ2v) is 4.12. The fraction of sp³-hybridized carbons (Fsp3) is 0.900. The molecular formula is C10H20N2O2. The van der Waals surface area contributed by atoms with Crippen molar-refractivity contribution in [3.05, 3.63) is 0 Å². The lowest BCUT2D eigenvalue weighted by atomic mass is 9.91. The van der Waals surface area contributed by atoms with Crippen molar-refractivity contribution in [1.82, 2.24) is 10.8 Å². The van der Waals surface area contributed by atoms with Gasteiger partial charge < -0.3 is 5.32 Å². The Morgan fingerprint density at radius 2 is 2.29 bits per heavy atom. The number of carbonyl (C=O) groups is 1. The highest BCUT2D eigenvalue weighted by Crippen LogP contribution is 2.16. The Labute approximate surface area is 85.3 Å². The molecule has 0 aromatic rings. The van der Waals surface area contributed by atoms with Gasteiger partial charge >= 0.3 is 0 Å². The summed E-state index contributed by atoms with van der Waals surface area (Å²) in [5.74, 6) is 0.0425. The van der Waals surface area contributed by atoms with E-state index in [-0.39, 0.29) is 24.0 Å². The maximum atomic E-state index is 11.6. The Bertz CT molecular complexity index is 195. The molecule has 0 aromatic carbocycles. The average Bonchev–Trinajstić information content (AvgIpc) is 2.15. The van der Waals surface area contributed by atoms with E-state index < -0.39 is 0 Å². The number of nitrogens with one attached hydrogen (secondary N) is 2. The van der Waals surface area contributed by atoms with Crippen LogP contribution in [0.5, 0.6) is 0 Å². The Morgan fingerprint density at radius 3 is 2.86 bits per heavy atom. The molecule has 1 amide bonds. The monoisotopic (exact) mass is 200 g/mol. The first kappa shape index (κ1) is 11.5. The first-order valence-corrected chi connectivity index (χ1v) is 5.30. The zero-order valence-electron chi connectivity index (χ0n) is 9.17. The van der Waals surface area contributed by atoms with Gasteiger partial charge in [-0.05, 0) is 40.2 Å². The average molecular weight is 200 g/mol. The molecule has 82 valence electrons. The number of hydrogen-bond acceptors (Lipinski definition) is 3. The van der Waals surface area contributed by atoms with E-state index in [4.69, 9.17) is 4.84 Å². The number of carbonyl (C=O) groups excluding carboxylic acids is 1. The van der Waals surface area contributed by atoms with Crippen LogP contribution in [0.1, 0.15) is 33.6 Å². The van der Waals surface area contributed by atoms with E-state index in [9.17, 15) is 4.79 Å². The van der Waals surface area contributed by atoms with Gasteiger partial charge in [0, 0.05) is 6.04 Å². The van der Waals surface area contributed by atoms with Gasteiger partial charge in [0.05, 0.1) is 12.0 Å². The van der Waals surface area contributed by atoms with Gasteiger partial charge in [0.1, 0.15) is 0 Å². The second kappa shape index (κ2) is 5.32. The van der Waals surface area contributed by atoms with Crippen molar-refractivity contribution in [2.75, 3.05) is 6.54 Å². The highest BCUT2D eigenvalue weighted by atomic mass is 16.7. The third-order valence-electron chi connectivity index (χ3n) is 2.49. The van der Waals surface area contributed by atoms with E-state index in [0.29, 0.717) is 0 Å². The van der Waals surface area contributed by atoms with Crippen LogP contribution in [-0.4, -0.2) is 24.6 Å². The highest BCUT2D eigenvalue weighted by Gasteiger charge is 2.27. The lowest BCUT2D eigenvalue weighted by Crippen LogP contribution is -2.47. The molecule has 4 nitrogen and oxygen atoms in total. The van der Waals surface area contributed by atoms with Gasteiger partial charge in [0.15, 0.2) is 0 Å². The number of hydroxylamine groups is 1. The molecule has 14 heavy (non-hydrogen) atoms. The summed E-state index contributed by atoms with van der Waals surface area (Å²) in [7, 11) is 0. The molecule has 1 aliphatic rings. The van der Waals surface area contributed by atoms with E-state index in [1.54, 1.807) is 0 Å². The Kier molecular flexibility index (Phi) is 4.35. The molecule has 1 saturated heterocycles. The summed E-state index contributed by atoms with van der Waals surface area (Å²) < 4.78 is 0. The van der Waals surface area contributed by atoms with Crippen LogP contribution in [0, 0.1) is 5.92 Å². The number of rotatable bonds is 3. The van der Waals surface area contributed by atoms with E-state index >= 15 is 0 Å². The summed E-state index contributed by atoms with van der Waals surface area (Å²) >= 11 is 0. The smallest absolute Gasteiger partial charge is 0.248 e. The quantitative estimate of drug-likeness (QED) is 0.663. The first-order chi connectivity index (χ1) is 6.61. The van der Waals surface area contributed by atoms with E-state index in [2.05, 4.69) is 10.8 Å². The van der Waals surface area contributed by atoms with Crippen molar-refractivity contribution in [3.63, 3.8) is 0 Å². The lowest BCUT2D eigenvalue weighted by molar-refractivity contribution is -0.142. The minimum atomic E-state index is -0.00148. The maximum Gasteiger partial charge on any atom is 0.248 e. The van der Waals surface area contributed by atoms with Crippen LogP contribution in [0.2, 0.25) is 0 Å². The normalized spacial score (nSPS) is 27.7. The molecule has 0 radical (unpaired) electrons. The fourth-order valence-corrected chi connectivity index (χ4v) is 1.65. The molecule has 0 aromatic heterocycles. The van der Waals surface area contributed by atoms with Crippen molar-refractivity contribution in [3.8, 4) is 0 Å². The summed E-state index contributed by atoms with van der Waals surface area (Å²) in [5, 5.41) is 3.28. The summed E-state index contributed by atoms with van der Waals surface area (Å²) in [6.45, 7) is 6.83. The predicted molar refractivity (Wildman–Crippen MR) is 54.6 cm³/mol. The van der Waals surface area contributed by atoms with Crippen molar-refractivity contribution >= 4 is 5.91 Å². The van der Waals surface area contributed by atoms with Crippen LogP contribution in [0.3, 0.4) is 0 Å². The molecule has 0 bridgehead atoms. The van der Waals surface area contributed by atoms with Gasteiger partial charge in [-0.3, -0.25) is 9.63 Å². The number of amides is 1. The molecule has 4 heteroatoms. The summed E-state index contributed by atoms with van der Waals surface area (Å²) in [5.41, 5.74) is 2.50. The van der Waals surface area contributed by atoms with Crippen LogP contribution < -0.4 is 10.8 Å². The molecule has 0 saturated carbocycles. The molecule has 0 spiro atoms. The molecule has 1 fully saturated rings. The molecule has 2 N–H and O–H groups in total. The Morgan fingerprint density at radius 1 is 1.57 bits per heavy atom. The third-order valence-corrected chi connectivity index (χ3v) is 2.49. The zero-order valence-corrected chi connectivity index (χ0v) is 9.17. The largest absolute Gasteiger partial charge is 0.313 e. The Hall–Kier alpha value is -0.610. The maximum absolute atomic E-state index is 11.6. The van der Waals surface area contributed by atoms with Gasteiger partial charge in [-0.15, -0.1) is 0 Å². The van der Waals surface area contributed by atoms with Gasteiger partial charge in [0.2, 0.25) is 5.91 Å². The predicted octanol–water partition coefficient (Wildman–Crippen LogP) is 0.831. The van der Waals surface area contributed by atoms with Crippen molar-refractivity contribution in [2.45, 2.75) is 45.8 Å². The molecule has 0 aliphatic carbocycles. The van der Waals surface area contributed by atoms with Crippen LogP contribution in [0.15, 0.2) is 0 Å². The molecule has 1 aliphatic heterocycles. The standard InChI is InChI=1S/C10H20N2O2/c1-7(2)14-12-10(13)9-5-4-6-11-8(9)3/h7-9,11H,4-6H2,1-3H3,(H,12,13). The Balaban J connectivity index is 2.34. The van der Waals surface area contributed by atoms with Gasteiger partial charge in [-0.2, -0.15) is 0 Å². The zero-order chi connectivity index (χ0) is 10.6. The highest BCUT2D eigenvalue weighted by molar-refractivity contribution is 5.78. The van der Waals surface area contributed by atoms with Gasteiger partial charge in [0.25, 0.3) is 0 Å². The minimum Gasteiger partial charge on any atom is -0.313 e. The first-order valence-electron chi connectivity index (χ1n) is 5.30. The third kappa shape index (κ3) is 3.27. The van der Waals surface area contributed by atoms with Crippen LogP contribution in [0.25, 0.3) is 0 Å². The molecule has 1 heterocycles. The van der Waals surface area contributed by atoms with Crippen LogP contribution in [0.4, 0.5) is 0 Å². The molecule has 2 atom stereocenters. The molecule has 2 unspecified atom stereocenters. The summed E-state index contributed by atoms with van der Waals surface area (Å²) in [4.78, 5) is 16.7. The lowest BCUT2D eigenvalue weighted by Gasteiger charge is -2.28. The SMILES string of the molecule is CC(C)ONC(=O)C1CCCNC1C. The van der Waals surface area contributed by atoms with Crippen molar-refractivity contribution < 1.29 is 9.63 Å². The van der Waals surface area contributed by atoms with E-state index in [1.807, 2.05) is 20.8 Å². The molecule has 1 rings (SSSR count). The molecular weight excluding hydrogens is 180 g/mol.